The molecule has 0 aliphatic carbocycles. The molecule has 1 atom stereocenters. The summed E-state index contributed by atoms with van der Waals surface area (Å²) in [6.45, 7) is 12.2. The first-order chi connectivity index (χ1) is 14.4. The molecule has 0 fully saturated rings. The van der Waals surface area contributed by atoms with Crippen LogP contribution in [0.1, 0.15) is 64.6 Å². The van der Waals surface area contributed by atoms with Gasteiger partial charge in [0, 0.05) is 23.7 Å². The highest BCUT2D eigenvalue weighted by Gasteiger charge is 2.31. The molecule has 4 rings (SSSR count). The van der Waals surface area contributed by atoms with Crippen molar-refractivity contribution >= 4 is 5.69 Å². The molecule has 1 N–H and O–H groups in total. The van der Waals surface area contributed by atoms with Gasteiger partial charge >= 0.3 is 0 Å². The molecule has 1 aliphatic heterocycles. The number of hydrogen-bond donors (Lipinski definition) is 1. The molecule has 0 amide bonds. The third kappa shape index (κ3) is 3.69. The second-order valence-electron chi connectivity index (χ2n) is 8.66. The summed E-state index contributed by atoms with van der Waals surface area (Å²) in [6.07, 6.45) is 0. The van der Waals surface area contributed by atoms with Gasteiger partial charge < -0.3 is 10.1 Å². The van der Waals surface area contributed by atoms with E-state index in [1.807, 2.05) is 12.1 Å². The fraction of sp³-hybridized carbons (Fsp3) is 0.333. The molecule has 0 spiro atoms. The van der Waals surface area contributed by atoms with Crippen molar-refractivity contribution in [3.8, 4) is 5.75 Å². The van der Waals surface area contributed by atoms with Crippen molar-refractivity contribution in [2.24, 2.45) is 0 Å². The van der Waals surface area contributed by atoms with Crippen molar-refractivity contribution < 1.29 is 9.13 Å². The molecule has 30 heavy (non-hydrogen) atoms. The van der Waals surface area contributed by atoms with Gasteiger partial charge in [0.2, 0.25) is 0 Å². The smallest absolute Gasteiger partial charge is 0.126 e. The number of fused-ring (bicyclic) bond motifs is 1. The van der Waals surface area contributed by atoms with Gasteiger partial charge in [0.15, 0.2) is 0 Å². The Kier molecular flexibility index (Phi) is 5.55. The van der Waals surface area contributed by atoms with E-state index in [4.69, 9.17) is 4.74 Å². The first kappa shape index (κ1) is 20.5. The highest BCUT2D eigenvalue weighted by atomic mass is 19.1. The van der Waals surface area contributed by atoms with E-state index in [-0.39, 0.29) is 11.7 Å². The summed E-state index contributed by atoms with van der Waals surface area (Å²) in [6, 6.07) is 15.6. The van der Waals surface area contributed by atoms with E-state index in [0.29, 0.717) is 19.1 Å². The first-order valence-corrected chi connectivity index (χ1v) is 10.7. The average Bonchev–Trinajstić information content (AvgIpc) is 3.19. The average molecular weight is 404 g/mol. The van der Waals surface area contributed by atoms with Crippen LogP contribution in [-0.2, 0) is 6.54 Å². The van der Waals surface area contributed by atoms with Gasteiger partial charge in [0.05, 0.1) is 6.61 Å². The minimum Gasteiger partial charge on any atom is -0.492 e. The first-order valence-electron chi connectivity index (χ1n) is 10.7. The van der Waals surface area contributed by atoms with Crippen LogP contribution in [0.5, 0.6) is 5.75 Å². The molecule has 2 nitrogen and oxygen atoms in total. The van der Waals surface area contributed by atoms with Gasteiger partial charge in [-0.15, -0.1) is 0 Å². The predicted octanol–water partition coefficient (Wildman–Crippen LogP) is 7.01. The number of hydrogen-bond acceptors (Lipinski definition) is 2. The van der Waals surface area contributed by atoms with E-state index in [1.165, 1.54) is 45.5 Å². The number of halogens is 1. The standard InChI is InChI=1S/C27H30FNO/c1-16(2)21-8-10-22(11-9-21)24-15-30-27-18(4)17(3)26(19(5)25(24)27)29-14-20-6-12-23(28)13-7-20/h6-13,16,24,29H,14-15H2,1-5H3. The van der Waals surface area contributed by atoms with Crippen molar-refractivity contribution in [1.29, 1.82) is 0 Å². The molecule has 0 saturated carbocycles. The monoisotopic (exact) mass is 403 g/mol. The molecule has 3 aromatic carbocycles. The molecule has 0 bridgehead atoms. The van der Waals surface area contributed by atoms with Gasteiger partial charge in [0.1, 0.15) is 11.6 Å². The van der Waals surface area contributed by atoms with Gasteiger partial charge in [-0.05, 0) is 72.2 Å². The Bertz CT molecular complexity index is 1050. The van der Waals surface area contributed by atoms with E-state index >= 15 is 0 Å². The van der Waals surface area contributed by atoms with Crippen LogP contribution in [0.2, 0.25) is 0 Å². The number of rotatable bonds is 5. The van der Waals surface area contributed by atoms with Crippen LogP contribution >= 0.6 is 0 Å². The molecule has 1 unspecified atom stereocenters. The van der Waals surface area contributed by atoms with Crippen LogP contribution in [0, 0.1) is 26.6 Å². The lowest BCUT2D eigenvalue weighted by Crippen LogP contribution is -2.08. The van der Waals surface area contributed by atoms with Crippen molar-refractivity contribution in [3.05, 3.63) is 93.3 Å². The van der Waals surface area contributed by atoms with Gasteiger partial charge in [-0.3, -0.25) is 0 Å². The fourth-order valence-electron chi connectivity index (χ4n) is 4.44. The van der Waals surface area contributed by atoms with Crippen LogP contribution in [-0.4, -0.2) is 6.61 Å². The van der Waals surface area contributed by atoms with Gasteiger partial charge in [-0.25, -0.2) is 4.39 Å². The molecule has 3 heteroatoms. The van der Waals surface area contributed by atoms with Crippen LogP contribution in [0.25, 0.3) is 0 Å². The van der Waals surface area contributed by atoms with Crippen molar-refractivity contribution in [2.45, 2.75) is 53.0 Å². The quantitative estimate of drug-likeness (QED) is 0.495. The topological polar surface area (TPSA) is 21.3 Å². The maximum atomic E-state index is 13.2. The lowest BCUT2D eigenvalue weighted by atomic mass is 9.85. The van der Waals surface area contributed by atoms with E-state index in [9.17, 15) is 4.39 Å². The van der Waals surface area contributed by atoms with E-state index in [0.717, 1.165) is 17.0 Å². The minimum absolute atomic E-state index is 0.206. The van der Waals surface area contributed by atoms with E-state index in [1.54, 1.807) is 0 Å². The van der Waals surface area contributed by atoms with Crippen LogP contribution < -0.4 is 10.1 Å². The van der Waals surface area contributed by atoms with E-state index in [2.05, 4.69) is 64.2 Å². The Morgan fingerprint density at radius 3 is 2.23 bits per heavy atom. The second kappa shape index (κ2) is 8.14. The van der Waals surface area contributed by atoms with Gasteiger partial charge in [-0.2, -0.15) is 0 Å². The number of benzene rings is 3. The predicted molar refractivity (Wildman–Crippen MR) is 122 cm³/mol. The Morgan fingerprint density at radius 1 is 0.933 bits per heavy atom. The van der Waals surface area contributed by atoms with Crippen molar-refractivity contribution in [2.75, 3.05) is 11.9 Å². The second-order valence-corrected chi connectivity index (χ2v) is 8.66. The lowest BCUT2D eigenvalue weighted by molar-refractivity contribution is 0.341. The maximum Gasteiger partial charge on any atom is 0.126 e. The largest absolute Gasteiger partial charge is 0.492 e. The summed E-state index contributed by atoms with van der Waals surface area (Å²) in [5, 5.41) is 3.61. The third-order valence-electron chi connectivity index (χ3n) is 6.43. The Balaban J connectivity index is 1.68. The molecule has 1 heterocycles. The SMILES string of the molecule is Cc1c(C)c2c(c(C)c1NCc1ccc(F)cc1)C(c1ccc(C(C)C)cc1)CO2. The Labute approximate surface area is 179 Å². The molecule has 0 saturated heterocycles. The zero-order chi connectivity index (χ0) is 21.4. The number of nitrogens with one attached hydrogen (secondary N) is 1. The lowest BCUT2D eigenvalue weighted by Gasteiger charge is -2.21. The summed E-state index contributed by atoms with van der Waals surface area (Å²) in [7, 11) is 0. The maximum absolute atomic E-state index is 13.2. The summed E-state index contributed by atoms with van der Waals surface area (Å²) < 4.78 is 19.4. The van der Waals surface area contributed by atoms with E-state index < -0.39 is 0 Å². The molecule has 156 valence electrons. The highest BCUT2D eigenvalue weighted by molar-refractivity contribution is 5.70. The molecular weight excluding hydrogens is 373 g/mol. The van der Waals surface area contributed by atoms with Crippen LogP contribution in [0.4, 0.5) is 10.1 Å². The van der Waals surface area contributed by atoms with Crippen molar-refractivity contribution in [1.82, 2.24) is 0 Å². The highest BCUT2D eigenvalue weighted by Crippen LogP contribution is 2.46. The third-order valence-corrected chi connectivity index (χ3v) is 6.43. The minimum atomic E-state index is -0.206. The summed E-state index contributed by atoms with van der Waals surface area (Å²) in [5.41, 5.74) is 9.81. The molecule has 1 aliphatic rings. The zero-order valence-electron chi connectivity index (χ0n) is 18.5. The Hall–Kier alpha value is -2.81. The molecule has 0 radical (unpaired) electrons. The number of anilines is 1. The summed E-state index contributed by atoms with van der Waals surface area (Å²) >= 11 is 0. The zero-order valence-corrected chi connectivity index (χ0v) is 18.5. The fourth-order valence-corrected chi connectivity index (χ4v) is 4.44. The molecule has 0 aromatic heterocycles. The summed E-state index contributed by atoms with van der Waals surface area (Å²) in [5.74, 6) is 1.60. The van der Waals surface area contributed by atoms with Crippen LogP contribution in [0.3, 0.4) is 0 Å². The molecular formula is C27H30FNO. The number of ether oxygens (including phenoxy) is 1. The normalized spacial score (nSPS) is 15.2. The summed E-state index contributed by atoms with van der Waals surface area (Å²) in [4.78, 5) is 0. The molecule has 3 aromatic rings. The Morgan fingerprint density at radius 2 is 1.60 bits per heavy atom. The van der Waals surface area contributed by atoms with Crippen LogP contribution in [0.15, 0.2) is 48.5 Å². The van der Waals surface area contributed by atoms with Crippen molar-refractivity contribution in [3.63, 3.8) is 0 Å². The van der Waals surface area contributed by atoms with Gasteiger partial charge in [-0.1, -0.05) is 50.2 Å². The van der Waals surface area contributed by atoms with Gasteiger partial charge in [0.25, 0.3) is 0 Å².